The summed E-state index contributed by atoms with van der Waals surface area (Å²) in [6.07, 6.45) is 3.57. The molecule has 2 fully saturated rings. The third-order valence-corrected chi connectivity index (χ3v) is 4.06. The fourth-order valence-corrected chi connectivity index (χ4v) is 2.82. The van der Waals surface area contributed by atoms with Gasteiger partial charge >= 0.3 is 0 Å². The second-order valence-electron chi connectivity index (χ2n) is 5.87. The van der Waals surface area contributed by atoms with Gasteiger partial charge in [-0.05, 0) is 31.4 Å². The molecular weight excluding hydrogens is 282 g/mol. The van der Waals surface area contributed by atoms with Gasteiger partial charge in [-0.25, -0.2) is 4.98 Å². The van der Waals surface area contributed by atoms with Crippen molar-refractivity contribution in [3.05, 3.63) is 23.9 Å². The largest absolute Gasteiger partial charge is 0.375 e. The number of nitrogens with one attached hydrogen (secondary N) is 1. The first-order valence-electron chi connectivity index (χ1n) is 7.93. The lowest BCUT2D eigenvalue weighted by Crippen LogP contribution is -2.41. The smallest absolute Gasteiger partial charge is 0.249 e. The summed E-state index contributed by atoms with van der Waals surface area (Å²) in [7, 11) is 0. The molecule has 22 heavy (non-hydrogen) atoms. The van der Waals surface area contributed by atoms with Gasteiger partial charge in [-0.1, -0.05) is 6.07 Å². The molecule has 1 aromatic rings. The van der Waals surface area contributed by atoms with Crippen LogP contribution in [-0.4, -0.2) is 49.4 Å². The Bertz CT molecular complexity index is 500. The summed E-state index contributed by atoms with van der Waals surface area (Å²) >= 11 is 0. The average molecular weight is 305 g/mol. The molecule has 2 saturated heterocycles. The van der Waals surface area contributed by atoms with Crippen LogP contribution in [0.2, 0.25) is 0 Å². The number of ether oxygens (including phenoxy) is 2. The normalized spacial score (nSPS) is 25.2. The highest BCUT2D eigenvalue weighted by Crippen LogP contribution is 2.16. The summed E-state index contributed by atoms with van der Waals surface area (Å²) in [6, 6.07) is 4.02. The molecular formula is C16H23N3O3. The number of rotatable bonds is 4. The fraction of sp³-hybridized carbons (Fsp3) is 0.625. The van der Waals surface area contributed by atoms with Gasteiger partial charge in [0, 0.05) is 32.4 Å². The van der Waals surface area contributed by atoms with Gasteiger partial charge in [0.05, 0.1) is 12.7 Å². The Kier molecular flexibility index (Phi) is 4.90. The summed E-state index contributed by atoms with van der Waals surface area (Å²) in [5.41, 5.74) is 0.997. The maximum absolute atomic E-state index is 11.9. The Morgan fingerprint density at radius 2 is 2.32 bits per heavy atom. The van der Waals surface area contributed by atoms with E-state index in [0.717, 1.165) is 43.9 Å². The minimum Gasteiger partial charge on any atom is -0.375 e. The van der Waals surface area contributed by atoms with Crippen LogP contribution in [-0.2, 0) is 20.8 Å². The number of carbonyl (C=O) groups excluding carboxylic acids is 1. The van der Waals surface area contributed by atoms with Crippen LogP contribution in [0.1, 0.15) is 25.3 Å². The third-order valence-electron chi connectivity index (χ3n) is 4.06. The second kappa shape index (κ2) is 7.07. The molecule has 2 aliphatic heterocycles. The van der Waals surface area contributed by atoms with Crippen LogP contribution in [0, 0.1) is 0 Å². The van der Waals surface area contributed by atoms with Crippen molar-refractivity contribution in [1.29, 1.82) is 0 Å². The van der Waals surface area contributed by atoms with Crippen molar-refractivity contribution < 1.29 is 14.3 Å². The van der Waals surface area contributed by atoms with Gasteiger partial charge in [0.2, 0.25) is 5.91 Å². The van der Waals surface area contributed by atoms with Gasteiger partial charge in [0.1, 0.15) is 11.9 Å². The zero-order valence-electron chi connectivity index (χ0n) is 13.0. The summed E-state index contributed by atoms with van der Waals surface area (Å²) in [5.74, 6) is 0.938. The number of nitrogens with zero attached hydrogens (tertiary/aromatic N) is 2. The third kappa shape index (κ3) is 3.75. The Morgan fingerprint density at radius 3 is 3.00 bits per heavy atom. The lowest BCUT2D eigenvalue weighted by molar-refractivity contribution is -0.130. The lowest BCUT2D eigenvalue weighted by atomic mass is 10.2. The first-order valence-corrected chi connectivity index (χ1v) is 7.93. The lowest BCUT2D eigenvalue weighted by Gasteiger charge is -2.32. The molecule has 0 radical (unpaired) electrons. The van der Waals surface area contributed by atoms with Crippen LogP contribution in [0.5, 0.6) is 0 Å². The number of anilines is 1. The quantitative estimate of drug-likeness (QED) is 0.902. The molecule has 0 aliphatic carbocycles. The Hall–Kier alpha value is -1.66. The highest BCUT2D eigenvalue weighted by molar-refractivity contribution is 5.80. The van der Waals surface area contributed by atoms with E-state index in [0.29, 0.717) is 13.2 Å². The molecule has 1 amide bonds. The van der Waals surface area contributed by atoms with Crippen LogP contribution < -0.4 is 10.2 Å². The molecule has 6 heteroatoms. The molecule has 0 saturated carbocycles. The van der Waals surface area contributed by atoms with Gasteiger partial charge in [0.25, 0.3) is 0 Å². The molecule has 2 atom stereocenters. The maximum Gasteiger partial charge on any atom is 0.249 e. The number of hydrogen-bond acceptors (Lipinski definition) is 5. The van der Waals surface area contributed by atoms with Crippen molar-refractivity contribution in [2.75, 3.05) is 31.2 Å². The van der Waals surface area contributed by atoms with Gasteiger partial charge in [0.15, 0.2) is 0 Å². The van der Waals surface area contributed by atoms with Crippen molar-refractivity contribution >= 4 is 11.7 Å². The topological polar surface area (TPSA) is 63.7 Å². The van der Waals surface area contributed by atoms with E-state index in [2.05, 4.69) is 22.1 Å². The number of aromatic nitrogens is 1. The molecule has 0 unspecified atom stereocenters. The molecule has 2 aliphatic rings. The van der Waals surface area contributed by atoms with Crippen LogP contribution >= 0.6 is 0 Å². The minimum atomic E-state index is -0.276. The fourth-order valence-electron chi connectivity index (χ4n) is 2.82. The van der Waals surface area contributed by atoms with Crippen LogP contribution in [0.3, 0.4) is 0 Å². The van der Waals surface area contributed by atoms with Crippen molar-refractivity contribution in [2.24, 2.45) is 0 Å². The molecule has 0 spiro atoms. The number of hydrogen-bond donors (Lipinski definition) is 1. The average Bonchev–Trinajstić information content (AvgIpc) is 3.08. The van der Waals surface area contributed by atoms with E-state index in [-0.39, 0.29) is 18.1 Å². The molecule has 1 aromatic heterocycles. The Balaban J connectivity index is 1.51. The van der Waals surface area contributed by atoms with Gasteiger partial charge in [-0.15, -0.1) is 0 Å². The molecule has 0 aromatic carbocycles. The van der Waals surface area contributed by atoms with Crippen LogP contribution in [0.15, 0.2) is 18.3 Å². The van der Waals surface area contributed by atoms with E-state index < -0.39 is 0 Å². The van der Waals surface area contributed by atoms with Crippen molar-refractivity contribution in [1.82, 2.24) is 10.3 Å². The van der Waals surface area contributed by atoms with Crippen molar-refractivity contribution in [3.63, 3.8) is 0 Å². The Morgan fingerprint density at radius 1 is 1.41 bits per heavy atom. The molecule has 120 valence electrons. The molecule has 6 nitrogen and oxygen atoms in total. The Labute approximate surface area is 130 Å². The zero-order valence-corrected chi connectivity index (χ0v) is 13.0. The summed E-state index contributed by atoms with van der Waals surface area (Å²) in [4.78, 5) is 18.6. The van der Waals surface area contributed by atoms with E-state index in [9.17, 15) is 4.79 Å². The second-order valence-corrected chi connectivity index (χ2v) is 5.87. The number of morpholine rings is 1. The van der Waals surface area contributed by atoms with Gasteiger partial charge in [-0.2, -0.15) is 0 Å². The van der Waals surface area contributed by atoms with Crippen molar-refractivity contribution in [3.8, 4) is 0 Å². The van der Waals surface area contributed by atoms with E-state index in [1.54, 1.807) is 0 Å². The molecule has 3 heterocycles. The highest BCUT2D eigenvalue weighted by Gasteiger charge is 2.23. The number of pyridine rings is 1. The number of amides is 1. The number of carbonyl (C=O) groups is 1. The van der Waals surface area contributed by atoms with Gasteiger partial charge in [-0.3, -0.25) is 4.79 Å². The molecule has 0 bridgehead atoms. The monoisotopic (exact) mass is 305 g/mol. The first-order chi connectivity index (χ1) is 10.7. The molecule has 1 N–H and O–H groups in total. The zero-order chi connectivity index (χ0) is 15.4. The van der Waals surface area contributed by atoms with E-state index >= 15 is 0 Å². The maximum atomic E-state index is 11.9. The predicted octanol–water partition coefficient (Wildman–Crippen LogP) is 1.10. The minimum absolute atomic E-state index is 0.0245. The standard InChI is InChI=1S/C16H23N3O3/c1-12-11-19(6-8-21-12)15-5-4-13(9-17-15)10-18-16(20)14-3-2-7-22-14/h4-5,9,12,14H,2-3,6-8,10-11H2,1H3,(H,18,20)/t12-,14+/m1/s1. The van der Waals surface area contributed by atoms with Crippen LogP contribution in [0.25, 0.3) is 0 Å². The van der Waals surface area contributed by atoms with Crippen molar-refractivity contribution in [2.45, 2.75) is 38.5 Å². The van der Waals surface area contributed by atoms with E-state index in [4.69, 9.17) is 9.47 Å². The molecule has 3 rings (SSSR count). The summed E-state index contributed by atoms with van der Waals surface area (Å²) in [6.45, 7) is 5.72. The summed E-state index contributed by atoms with van der Waals surface area (Å²) < 4.78 is 10.9. The predicted molar refractivity (Wildman–Crippen MR) is 82.7 cm³/mol. The van der Waals surface area contributed by atoms with E-state index in [1.807, 2.05) is 18.3 Å². The van der Waals surface area contributed by atoms with Crippen LogP contribution in [0.4, 0.5) is 5.82 Å². The summed E-state index contributed by atoms with van der Waals surface area (Å²) in [5, 5.41) is 2.91. The van der Waals surface area contributed by atoms with Gasteiger partial charge < -0.3 is 19.7 Å². The SMILES string of the molecule is C[C@@H]1CN(c2ccc(CNC(=O)[C@@H]3CCCO3)cn2)CCO1. The highest BCUT2D eigenvalue weighted by atomic mass is 16.5. The first kappa shape index (κ1) is 15.2. The van der Waals surface area contributed by atoms with E-state index in [1.165, 1.54) is 0 Å².